The lowest BCUT2D eigenvalue weighted by Gasteiger charge is -2.09. The van der Waals surface area contributed by atoms with Crippen LogP contribution in [0.15, 0.2) is 53.9 Å². The molecule has 154 valence electrons. The number of thiophene rings is 1. The summed E-state index contributed by atoms with van der Waals surface area (Å²) in [5, 5.41) is 16.0. The molecule has 2 aromatic carbocycles. The molecule has 0 bridgehead atoms. The van der Waals surface area contributed by atoms with E-state index in [2.05, 4.69) is 5.32 Å². The molecule has 7 nitrogen and oxygen atoms in total. The summed E-state index contributed by atoms with van der Waals surface area (Å²) in [5.74, 6) is -0.984. The number of esters is 1. The average molecular weight is 424 g/mol. The summed E-state index contributed by atoms with van der Waals surface area (Å²) in [6.07, 6.45) is -0.183. The van der Waals surface area contributed by atoms with Crippen LogP contribution in [0.1, 0.15) is 28.4 Å². The van der Waals surface area contributed by atoms with Gasteiger partial charge in [-0.2, -0.15) is 0 Å². The van der Waals surface area contributed by atoms with Crippen LogP contribution in [0.3, 0.4) is 0 Å². The van der Waals surface area contributed by atoms with Gasteiger partial charge in [-0.15, -0.1) is 11.3 Å². The molecule has 0 aliphatic heterocycles. The minimum absolute atomic E-state index is 0.121. The van der Waals surface area contributed by atoms with Gasteiger partial charge >= 0.3 is 5.97 Å². The van der Waals surface area contributed by atoms with Crippen molar-refractivity contribution >= 4 is 33.9 Å². The van der Waals surface area contributed by atoms with Gasteiger partial charge in [-0.3, -0.25) is 14.9 Å². The van der Waals surface area contributed by atoms with E-state index in [0.717, 1.165) is 11.1 Å². The Morgan fingerprint density at radius 2 is 1.83 bits per heavy atom. The molecular formula is C22H20N2O5S. The number of benzene rings is 2. The Kier molecular flexibility index (Phi) is 6.58. The van der Waals surface area contributed by atoms with Gasteiger partial charge in [-0.25, -0.2) is 4.79 Å². The minimum atomic E-state index is -0.532. The van der Waals surface area contributed by atoms with Crippen LogP contribution in [0.25, 0.3) is 11.1 Å². The Labute approximate surface area is 177 Å². The normalized spacial score (nSPS) is 10.5. The van der Waals surface area contributed by atoms with E-state index in [9.17, 15) is 19.7 Å². The quantitative estimate of drug-likeness (QED) is 0.327. The first-order chi connectivity index (χ1) is 14.4. The fourth-order valence-corrected chi connectivity index (χ4v) is 3.96. The molecule has 1 N–H and O–H groups in total. The zero-order valence-electron chi connectivity index (χ0n) is 16.5. The Morgan fingerprint density at radius 3 is 2.50 bits per heavy atom. The third-order valence-corrected chi connectivity index (χ3v) is 5.32. The molecular weight excluding hydrogens is 404 g/mol. The van der Waals surface area contributed by atoms with Crippen LogP contribution in [0, 0.1) is 17.0 Å². The summed E-state index contributed by atoms with van der Waals surface area (Å²) in [4.78, 5) is 35.9. The predicted octanol–water partition coefficient (Wildman–Crippen LogP) is 4.99. The van der Waals surface area contributed by atoms with E-state index >= 15 is 0 Å². The van der Waals surface area contributed by atoms with E-state index in [1.807, 2.05) is 31.2 Å². The molecule has 1 amide bonds. The van der Waals surface area contributed by atoms with Crippen LogP contribution in [0.5, 0.6) is 0 Å². The van der Waals surface area contributed by atoms with Gasteiger partial charge in [0.1, 0.15) is 10.6 Å². The first-order valence-electron chi connectivity index (χ1n) is 9.28. The summed E-state index contributed by atoms with van der Waals surface area (Å²) >= 11 is 1.21. The summed E-state index contributed by atoms with van der Waals surface area (Å²) in [5.41, 5.74) is 3.04. The second kappa shape index (κ2) is 9.32. The molecule has 30 heavy (non-hydrogen) atoms. The van der Waals surface area contributed by atoms with Crippen molar-refractivity contribution in [3.8, 4) is 11.1 Å². The van der Waals surface area contributed by atoms with Crippen LogP contribution in [0.4, 0.5) is 10.7 Å². The molecule has 3 aromatic rings. The Bertz CT molecular complexity index is 1090. The summed E-state index contributed by atoms with van der Waals surface area (Å²) in [6.45, 7) is 3.88. The number of para-hydroxylation sites is 1. The number of amides is 1. The molecule has 0 fully saturated rings. The van der Waals surface area contributed by atoms with E-state index in [0.29, 0.717) is 16.1 Å². The largest absolute Gasteiger partial charge is 0.462 e. The number of hydrogen-bond acceptors (Lipinski definition) is 6. The van der Waals surface area contributed by atoms with Crippen LogP contribution in [0.2, 0.25) is 0 Å². The summed E-state index contributed by atoms with van der Waals surface area (Å²) < 4.78 is 5.19. The Hall–Kier alpha value is -3.52. The molecule has 0 aliphatic rings. The number of nitrogens with one attached hydrogen (secondary N) is 1. The SMILES string of the molecule is CCOC(=O)c1c(-c2ccc(C)cc2)csc1NC(=O)Cc1ccccc1[N+](=O)[O-]. The van der Waals surface area contributed by atoms with Gasteiger partial charge in [-0.05, 0) is 19.4 Å². The highest BCUT2D eigenvalue weighted by atomic mass is 32.1. The lowest BCUT2D eigenvalue weighted by atomic mass is 10.0. The van der Waals surface area contributed by atoms with Crippen LogP contribution in [-0.4, -0.2) is 23.4 Å². The maximum atomic E-state index is 12.6. The highest BCUT2D eigenvalue weighted by Gasteiger charge is 2.23. The maximum absolute atomic E-state index is 12.6. The molecule has 0 unspecified atom stereocenters. The minimum Gasteiger partial charge on any atom is -0.462 e. The van der Waals surface area contributed by atoms with Crippen molar-refractivity contribution in [1.29, 1.82) is 0 Å². The van der Waals surface area contributed by atoms with Crippen molar-refractivity contribution in [1.82, 2.24) is 0 Å². The third-order valence-electron chi connectivity index (χ3n) is 4.43. The van der Waals surface area contributed by atoms with Gasteiger partial charge < -0.3 is 10.1 Å². The van der Waals surface area contributed by atoms with E-state index in [1.54, 1.807) is 24.4 Å². The van der Waals surface area contributed by atoms with Crippen LogP contribution in [-0.2, 0) is 16.0 Å². The van der Waals surface area contributed by atoms with E-state index in [4.69, 9.17) is 4.74 Å². The maximum Gasteiger partial charge on any atom is 0.341 e. The number of carbonyl (C=O) groups is 2. The molecule has 0 atom stereocenters. The van der Waals surface area contributed by atoms with Crippen molar-refractivity contribution < 1.29 is 19.2 Å². The molecule has 0 radical (unpaired) electrons. The second-order valence-electron chi connectivity index (χ2n) is 6.55. The first kappa shape index (κ1) is 21.2. The number of ether oxygens (including phenoxy) is 1. The second-order valence-corrected chi connectivity index (χ2v) is 7.43. The van der Waals surface area contributed by atoms with Crippen molar-refractivity contribution in [2.24, 2.45) is 0 Å². The summed E-state index contributed by atoms with van der Waals surface area (Å²) in [6, 6.07) is 13.8. The number of nitrogens with zero attached hydrogens (tertiary/aromatic N) is 1. The Balaban J connectivity index is 1.90. The zero-order valence-corrected chi connectivity index (χ0v) is 17.3. The van der Waals surface area contributed by atoms with Crippen LogP contribution < -0.4 is 5.32 Å². The fraction of sp³-hybridized carbons (Fsp3) is 0.182. The molecule has 0 saturated carbocycles. The summed E-state index contributed by atoms with van der Waals surface area (Å²) in [7, 11) is 0. The number of nitro benzene ring substituents is 1. The van der Waals surface area contributed by atoms with Gasteiger partial charge in [0.05, 0.1) is 18.0 Å². The average Bonchev–Trinajstić information content (AvgIpc) is 3.12. The fourth-order valence-electron chi connectivity index (χ4n) is 2.98. The number of carbonyl (C=O) groups excluding carboxylic acids is 2. The molecule has 0 saturated heterocycles. The number of aryl methyl sites for hydroxylation is 1. The lowest BCUT2D eigenvalue weighted by molar-refractivity contribution is -0.385. The first-order valence-corrected chi connectivity index (χ1v) is 10.2. The molecule has 0 spiro atoms. The van der Waals surface area contributed by atoms with E-state index < -0.39 is 16.8 Å². The predicted molar refractivity (Wildman–Crippen MR) is 116 cm³/mol. The van der Waals surface area contributed by atoms with Crippen molar-refractivity contribution in [2.75, 3.05) is 11.9 Å². The standard InChI is InChI=1S/C22H20N2O5S/c1-3-29-22(26)20-17(15-10-8-14(2)9-11-15)13-30-21(20)23-19(25)12-16-6-4-5-7-18(16)24(27)28/h4-11,13H,3,12H2,1-2H3,(H,23,25). The van der Waals surface area contributed by atoms with Crippen LogP contribution >= 0.6 is 11.3 Å². The Morgan fingerprint density at radius 1 is 1.13 bits per heavy atom. The van der Waals surface area contributed by atoms with Gasteiger partial charge in [0.15, 0.2) is 0 Å². The van der Waals surface area contributed by atoms with Gasteiger partial charge in [-0.1, -0.05) is 48.0 Å². The highest BCUT2D eigenvalue weighted by molar-refractivity contribution is 7.15. The lowest BCUT2D eigenvalue weighted by Crippen LogP contribution is -2.17. The number of hydrogen-bond donors (Lipinski definition) is 1. The smallest absolute Gasteiger partial charge is 0.341 e. The molecule has 3 rings (SSSR count). The van der Waals surface area contributed by atoms with E-state index in [1.165, 1.54) is 23.5 Å². The van der Waals surface area contributed by atoms with E-state index in [-0.39, 0.29) is 24.3 Å². The number of rotatable bonds is 7. The molecule has 0 aliphatic carbocycles. The van der Waals surface area contributed by atoms with Gasteiger partial charge in [0, 0.05) is 22.6 Å². The molecule has 1 heterocycles. The number of anilines is 1. The van der Waals surface area contributed by atoms with Crippen molar-refractivity contribution in [2.45, 2.75) is 20.3 Å². The molecule has 1 aromatic heterocycles. The van der Waals surface area contributed by atoms with Gasteiger partial charge in [0.25, 0.3) is 5.69 Å². The highest BCUT2D eigenvalue weighted by Crippen LogP contribution is 2.36. The zero-order chi connectivity index (χ0) is 21.7. The van der Waals surface area contributed by atoms with Gasteiger partial charge in [0.2, 0.25) is 5.91 Å². The molecule has 8 heteroatoms. The third kappa shape index (κ3) is 4.72. The topological polar surface area (TPSA) is 98.5 Å². The monoisotopic (exact) mass is 424 g/mol. The van der Waals surface area contributed by atoms with Crippen molar-refractivity contribution in [3.63, 3.8) is 0 Å². The number of nitro groups is 1. The van der Waals surface area contributed by atoms with Crippen molar-refractivity contribution in [3.05, 3.63) is 80.7 Å².